The second-order valence-electron chi connectivity index (χ2n) is 6.22. The van der Waals surface area contributed by atoms with Gasteiger partial charge in [-0.2, -0.15) is 0 Å². The highest BCUT2D eigenvalue weighted by atomic mass is 32.2. The molecular weight excluding hydrogens is 322 g/mol. The summed E-state index contributed by atoms with van der Waals surface area (Å²) in [6.07, 6.45) is 4.95. The van der Waals surface area contributed by atoms with Crippen LogP contribution in [0.1, 0.15) is 36.1 Å². The molecule has 3 rings (SSSR count). The summed E-state index contributed by atoms with van der Waals surface area (Å²) < 4.78 is 0. The van der Waals surface area contributed by atoms with E-state index in [1.165, 1.54) is 36.1 Å². The number of thiophene rings is 1. The van der Waals surface area contributed by atoms with E-state index < -0.39 is 0 Å². The maximum atomic E-state index is 12.2. The Morgan fingerprint density at radius 3 is 2.61 bits per heavy atom. The highest BCUT2D eigenvalue weighted by Crippen LogP contribution is 2.42. The van der Waals surface area contributed by atoms with E-state index in [9.17, 15) is 4.79 Å². The molecule has 122 valence electrons. The fourth-order valence-electron chi connectivity index (χ4n) is 3.30. The van der Waals surface area contributed by atoms with Crippen molar-refractivity contribution in [3.63, 3.8) is 0 Å². The minimum atomic E-state index is 0.161. The van der Waals surface area contributed by atoms with Crippen molar-refractivity contribution in [1.82, 2.24) is 5.32 Å². The topological polar surface area (TPSA) is 29.1 Å². The Morgan fingerprint density at radius 2 is 1.91 bits per heavy atom. The van der Waals surface area contributed by atoms with Gasteiger partial charge in [0.25, 0.3) is 0 Å². The van der Waals surface area contributed by atoms with Crippen molar-refractivity contribution in [2.45, 2.75) is 36.9 Å². The summed E-state index contributed by atoms with van der Waals surface area (Å²) in [5.41, 5.74) is 1.46. The van der Waals surface area contributed by atoms with E-state index in [-0.39, 0.29) is 11.3 Å². The summed E-state index contributed by atoms with van der Waals surface area (Å²) in [6, 6.07) is 14.7. The molecule has 1 aromatic carbocycles. The predicted molar refractivity (Wildman–Crippen MR) is 100 cm³/mol. The third kappa shape index (κ3) is 4.39. The molecule has 0 unspecified atom stereocenters. The molecule has 0 spiro atoms. The van der Waals surface area contributed by atoms with Gasteiger partial charge in [0.15, 0.2) is 0 Å². The van der Waals surface area contributed by atoms with Crippen molar-refractivity contribution in [3.05, 3.63) is 58.3 Å². The van der Waals surface area contributed by atoms with E-state index >= 15 is 0 Å². The first-order valence-corrected chi connectivity index (χ1v) is 10.2. The van der Waals surface area contributed by atoms with Crippen LogP contribution >= 0.6 is 23.1 Å². The van der Waals surface area contributed by atoms with Crippen LogP contribution in [0.3, 0.4) is 0 Å². The van der Waals surface area contributed by atoms with Gasteiger partial charge in [0.2, 0.25) is 5.91 Å². The van der Waals surface area contributed by atoms with E-state index in [2.05, 4.69) is 35.0 Å². The van der Waals surface area contributed by atoms with Crippen LogP contribution in [0.15, 0.2) is 47.8 Å². The van der Waals surface area contributed by atoms with Crippen molar-refractivity contribution in [2.75, 3.05) is 12.3 Å². The maximum Gasteiger partial charge on any atom is 0.230 e. The van der Waals surface area contributed by atoms with Crippen LogP contribution in [-0.2, 0) is 16.0 Å². The Balaban J connectivity index is 1.46. The molecule has 1 aliphatic rings. The van der Waals surface area contributed by atoms with E-state index in [1.54, 1.807) is 11.8 Å². The van der Waals surface area contributed by atoms with Crippen LogP contribution in [0.4, 0.5) is 0 Å². The highest BCUT2D eigenvalue weighted by molar-refractivity contribution is 7.99. The van der Waals surface area contributed by atoms with Gasteiger partial charge in [-0.25, -0.2) is 0 Å². The Hall–Kier alpha value is -1.26. The van der Waals surface area contributed by atoms with Gasteiger partial charge in [-0.05, 0) is 29.9 Å². The van der Waals surface area contributed by atoms with Crippen LogP contribution in [0.25, 0.3) is 0 Å². The predicted octanol–water partition coefficient (Wildman–Crippen LogP) is 4.61. The van der Waals surface area contributed by atoms with Gasteiger partial charge < -0.3 is 5.32 Å². The lowest BCUT2D eigenvalue weighted by Crippen LogP contribution is -2.39. The molecule has 1 amide bonds. The molecule has 1 N–H and O–H groups in total. The number of benzene rings is 1. The molecule has 0 bridgehead atoms. The number of nitrogens with one attached hydrogen (secondary N) is 1. The van der Waals surface area contributed by atoms with Crippen LogP contribution in [0.2, 0.25) is 0 Å². The molecule has 0 aliphatic heterocycles. The van der Waals surface area contributed by atoms with E-state index in [1.807, 2.05) is 29.5 Å². The molecule has 1 heterocycles. The third-order valence-electron chi connectivity index (χ3n) is 4.57. The fourth-order valence-corrected chi connectivity index (χ4v) is 5.10. The van der Waals surface area contributed by atoms with Crippen molar-refractivity contribution in [2.24, 2.45) is 0 Å². The molecular formula is C19H23NOS2. The first-order valence-electron chi connectivity index (χ1n) is 8.21. The molecule has 23 heavy (non-hydrogen) atoms. The Kier molecular flexibility index (Phi) is 5.79. The number of carbonyl (C=O) groups excluding carboxylic acids is 1. The zero-order valence-corrected chi connectivity index (χ0v) is 14.9. The molecule has 0 saturated heterocycles. The lowest BCUT2D eigenvalue weighted by atomic mass is 9.84. The van der Waals surface area contributed by atoms with Crippen LogP contribution in [-0.4, -0.2) is 18.2 Å². The van der Waals surface area contributed by atoms with Crippen molar-refractivity contribution in [3.8, 4) is 0 Å². The number of carbonyl (C=O) groups is 1. The average molecular weight is 346 g/mol. The van der Waals surface area contributed by atoms with E-state index in [0.717, 1.165) is 12.3 Å². The quantitative estimate of drug-likeness (QED) is 0.794. The lowest BCUT2D eigenvalue weighted by Gasteiger charge is -2.28. The summed E-state index contributed by atoms with van der Waals surface area (Å²) in [4.78, 5) is 13.6. The fraction of sp³-hybridized carbons (Fsp3) is 0.421. The Labute approximate surface area is 146 Å². The number of hydrogen-bond acceptors (Lipinski definition) is 3. The van der Waals surface area contributed by atoms with Gasteiger partial charge >= 0.3 is 0 Å². The van der Waals surface area contributed by atoms with Gasteiger partial charge in [-0.15, -0.1) is 23.1 Å². The zero-order valence-electron chi connectivity index (χ0n) is 13.3. The van der Waals surface area contributed by atoms with Gasteiger partial charge in [0.1, 0.15) is 0 Å². The first kappa shape index (κ1) is 16.6. The second-order valence-corrected chi connectivity index (χ2v) is 8.15. The number of hydrogen-bond donors (Lipinski definition) is 1. The largest absolute Gasteiger partial charge is 0.354 e. The van der Waals surface area contributed by atoms with Gasteiger partial charge in [-0.3, -0.25) is 4.79 Å². The smallest absolute Gasteiger partial charge is 0.230 e. The second kappa shape index (κ2) is 8.02. The summed E-state index contributed by atoms with van der Waals surface area (Å²) in [7, 11) is 0. The normalized spacial score (nSPS) is 16.3. The first-order chi connectivity index (χ1) is 11.3. The van der Waals surface area contributed by atoms with Crippen LogP contribution in [0, 0.1) is 0 Å². The van der Waals surface area contributed by atoms with Gasteiger partial charge in [0.05, 0.1) is 5.75 Å². The summed E-state index contributed by atoms with van der Waals surface area (Å²) >= 11 is 3.51. The molecule has 2 nitrogen and oxygen atoms in total. The molecule has 1 saturated carbocycles. The number of amides is 1. The van der Waals surface area contributed by atoms with Crippen molar-refractivity contribution < 1.29 is 4.79 Å². The monoisotopic (exact) mass is 345 g/mol. The minimum Gasteiger partial charge on any atom is -0.354 e. The molecule has 2 aromatic rings. The minimum absolute atomic E-state index is 0.161. The molecule has 4 heteroatoms. The maximum absolute atomic E-state index is 12.2. The molecule has 1 fully saturated rings. The molecule has 0 atom stereocenters. The Morgan fingerprint density at radius 1 is 1.13 bits per heavy atom. The van der Waals surface area contributed by atoms with Crippen LogP contribution in [0.5, 0.6) is 0 Å². The SMILES string of the molecule is O=C(CSCc1ccccc1)NCC1(c2cccs2)CCCC1. The lowest BCUT2D eigenvalue weighted by molar-refractivity contribution is -0.118. The number of thioether (sulfide) groups is 1. The van der Waals surface area contributed by atoms with E-state index in [4.69, 9.17) is 0 Å². The molecule has 1 aromatic heterocycles. The van der Waals surface area contributed by atoms with E-state index in [0.29, 0.717) is 5.75 Å². The van der Waals surface area contributed by atoms with Gasteiger partial charge in [0, 0.05) is 22.6 Å². The summed E-state index contributed by atoms with van der Waals surface area (Å²) in [5, 5.41) is 5.33. The van der Waals surface area contributed by atoms with Crippen molar-refractivity contribution in [1.29, 1.82) is 0 Å². The third-order valence-corrected chi connectivity index (χ3v) is 6.69. The Bertz CT molecular complexity index is 604. The standard InChI is InChI=1S/C19H23NOS2/c21-18(14-22-13-16-7-2-1-3-8-16)20-15-19(10-4-5-11-19)17-9-6-12-23-17/h1-3,6-9,12H,4-5,10-11,13-15H2,(H,20,21). The highest BCUT2D eigenvalue weighted by Gasteiger charge is 2.36. The van der Waals surface area contributed by atoms with Gasteiger partial charge in [-0.1, -0.05) is 49.2 Å². The average Bonchev–Trinajstić information content (AvgIpc) is 3.26. The zero-order chi connectivity index (χ0) is 16.0. The summed E-state index contributed by atoms with van der Waals surface area (Å²) in [6.45, 7) is 0.790. The number of rotatable bonds is 7. The van der Waals surface area contributed by atoms with Crippen LogP contribution < -0.4 is 5.32 Å². The van der Waals surface area contributed by atoms with Crippen molar-refractivity contribution >= 4 is 29.0 Å². The summed E-state index contributed by atoms with van der Waals surface area (Å²) in [5.74, 6) is 1.59. The molecule has 0 radical (unpaired) electrons. The molecule has 1 aliphatic carbocycles.